The molecule has 0 heterocycles. The van der Waals surface area contributed by atoms with E-state index in [2.05, 4.69) is 6.58 Å². The number of hydrogen-bond donors (Lipinski definition) is 0. The lowest BCUT2D eigenvalue weighted by Crippen LogP contribution is -2.24. The standard InChI is InChI=1S/C6H12BNOS/c1-5(7)4-8(2)6(9)10-3/h1,4,7H2,2-3H3. The number of rotatable bonds is 2. The highest BCUT2D eigenvalue weighted by Crippen LogP contribution is 2.02. The Kier molecular flexibility index (Phi) is 4.28. The molecule has 0 saturated carbocycles. The van der Waals surface area contributed by atoms with Crippen molar-refractivity contribution in [2.75, 3.05) is 19.8 Å². The van der Waals surface area contributed by atoms with Crippen molar-refractivity contribution in [3.8, 4) is 0 Å². The molecule has 0 bridgehead atoms. The normalized spacial score (nSPS) is 9.00. The molecule has 4 heteroatoms. The average molecular weight is 157 g/mol. The summed E-state index contributed by atoms with van der Waals surface area (Å²) in [5.74, 6) is 0. The molecule has 0 radical (unpaired) electrons. The van der Waals surface area contributed by atoms with Gasteiger partial charge < -0.3 is 4.90 Å². The van der Waals surface area contributed by atoms with Gasteiger partial charge in [-0.25, -0.2) is 0 Å². The quantitative estimate of drug-likeness (QED) is 0.545. The molecule has 10 heavy (non-hydrogen) atoms. The highest BCUT2D eigenvalue weighted by molar-refractivity contribution is 8.12. The van der Waals surface area contributed by atoms with E-state index in [4.69, 9.17) is 0 Å². The molecule has 0 spiro atoms. The van der Waals surface area contributed by atoms with Crippen LogP contribution in [0.4, 0.5) is 4.79 Å². The molecular weight excluding hydrogens is 145 g/mol. The lowest BCUT2D eigenvalue weighted by molar-refractivity contribution is 0.237. The van der Waals surface area contributed by atoms with Crippen LogP contribution in [0.3, 0.4) is 0 Å². The van der Waals surface area contributed by atoms with Gasteiger partial charge in [0.05, 0.1) is 0 Å². The number of nitrogens with zero attached hydrogens (tertiary/aromatic N) is 1. The van der Waals surface area contributed by atoms with Crippen LogP contribution in [0.1, 0.15) is 0 Å². The van der Waals surface area contributed by atoms with Gasteiger partial charge in [0, 0.05) is 13.6 Å². The van der Waals surface area contributed by atoms with E-state index in [1.54, 1.807) is 18.2 Å². The predicted octanol–water partition coefficient (Wildman–Crippen LogP) is 0.548. The van der Waals surface area contributed by atoms with Crippen LogP contribution in [0.5, 0.6) is 0 Å². The van der Waals surface area contributed by atoms with E-state index >= 15 is 0 Å². The van der Waals surface area contributed by atoms with Crippen LogP contribution in [0.25, 0.3) is 0 Å². The molecule has 0 aliphatic rings. The van der Waals surface area contributed by atoms with Crippen LogP contribution in [0.2, 0.25) is 0 Å². The topological polar surface area (TPSA) is 20.3 Å². The van der Waals surface area contributed by atoms with E-state index < -0.39 is 0 Å². The smallest absolute Gasteiger partial charge is 0.281 e. The summed E-state index contributed by atoms with van der Waals surface area (Å²) < 4.78 is 0. The molecule has 0 atom stereocenters. The van der Waals surface area contributed by atoms with E-state index in [1.165, 1.54) is 11.8 Å². The van der Waals surface area contributed by atoms with Gasteiger partial charge in [-0.2, -0.15) is 0 Å². The zero-order valence-corrected chi connectivity index (χ0v) is 7.49. The zero-order valence-electron chi connectivity index (χ0n) is 6.68. The third-order valence-corrected chi connectivity index (χ3v) is 1.65. The second-order valence-corrected chi connectivity index (χ2v) is 3.04. The van der Waals surface area contributed by atoms with Crippen molar-refractivity contribution >= 4 is 24.8 Å². The third-order valence-electron chi connectivity index (χ3n) is 0.993. The summed E-state index contributed by atoms with van der Waals surface area (Å²) in [4.78, 5) is 12.5. The first-order valence-electron chi connectivity index (χ1n) is 3.01. The van der Waals surface area contributed by atoms with Gasteiger partial charge in [0.25, 0.3) is 5.24 Å². The van der Waals surface area contributed by atoms with Crippen LogP contribution < -0.4 is 0 Å². The van der Waals surface area contributed by atoms with Gasteiger partial charge in [0.15, 0.2) is 0 Å². The van der Waals surface area contributed by atoms with E-state index in [0.29, 0.717) is 6.54 Å². The fourth-order valence-electron chi connectivity index (χ4n) is 0.625. The largest absolute Gasteiger partial charge is 0.334 e. The number of thioether (sulfide) groups is 1. The van der Waals surface area contributed by atoms with Gasteiger partial charge in [-0.15, -0.1) is 6.58 Å². The van der Waals surface area contributed by atoms with E-state index in [9.17, 15) is 4.79 Å². The summed E-state index contributed by atoms with van der Waals surface area (Å²) in [6.45, 7) is 4.36. The Labute approximate surface area is 67.1 Å². The highest BCUT2D eigenvalue weighted by Gasteiger charge is 2.04. The summed E-state index contributed by atoms with van der Waals surface area (Å²) in [5.41, 5.74) is 1.00. The van der Waals surface area contributed by atoms with Crippen molar-refractivity contribution in [1.82, 2.24) is 4.90 Å². The minimum Gasteiger partial charge on any atom is -0.334 e. The Bertz CT molecular complexity index is 149. The molecule has 0 unspecified atom stereocenters. The molecular formula is C6H12BNOS. The van der Waals surface area contributed by atoms with Crippen LogP contribution >= 0.6 is 11.8 Å². The Morgan fingerprint density at radius 2 is 2.30 bits per heavy atom. The molecule has 0 aliphatic carbocycles. The summed E-state index contributed by atoms with van der Waals surface area (Å²) in [7, 11) is 3.68. The summed E-state index contributed by atoms with van der Waals surface area (Å²) in [6, 6.07) is 0. The lowest BCUT2D eigenvalue weighted by atomic mass is 9.98. The Morgan fingerprint density at radius 1 is 1.80 bits per heavy atom. The Morgan fingerprint density at radius 3 is 2.60 bits per heavy atom. The number of amides is 1. The average Bonchev–Trinajstić information content (AvgIpc) is 1.85. The monoisotopic (exact) mass is 157 g/mol. The minimum absolute atomic E-state index is 0.0861. The van der Waals surface area contributed by atoms with Crippen molar-refractivity contribution in [2.45, 2.75) is 0 Å². The van der Waals surface area contributed by atoms with Crippen molar-refractivity contribution in [3.63, 3.8) is 0 Å². The first kappa shape index (κ1) is 9.62. The van der Waals surface area contributed by atoms with E-state index in [-0.39, 0.29) is 5.24 Å². The molecule has 0 aromatic heterocycles. The molecule has 0 saturated heterocycles. The fraction of sp³-hybridized carbons (Fsp3) is 0.500. The predicted molar refractivity (Wildman–Crippen MR) is 49.2 cm³/mol. The molecule has 0 N–H and O–H groups in total. The molecule has 56 valence electrons. The number of carbonyl (C=O) groups excluding carboxylic acids is 1. The van der Waals surface area contributed by atoms with Gasteiger partial charge in [-0.3, -0.25) is 4.79 Å². The van der Waals surface area contributed by atoms with Crippen LogP contribution in [0.15, 0.2) is 12.1 Å². The second-order valence-electron chi connectivity index (χ2n) is 2.28. The number of carbonyl (C=O) groups is 1. The summed E-state index contributed by atoms with van der Waals surface area (Å²) in [6.07, 6.45) is 1.78. The minimum atomic E-state index is 0.0861. The summed E-state index contributed by atoms with van der Waals surface area (Å²) >= 11 is 1.22. The highest BCUT2D eigenvalue weighted by atomic mass is 32.2. The Hall–Kier alpha value is -0.375. The third kappa shape index (κ3) is 3.61. The number of hydrogen-bond acceptors (Lipinski definition) is 2. The van der Waals surface area contributed by atoms with Gasteiger partial charge in [-0.1, -0.05) is 17.2 Å². The maximum absolute atomic E-state index is 10.9. The molecule has 0 aliphatic heterocycles. The van der Waals surface area contributed by atoms with Crippen molar-refractivity contribution in [2.24, 2.45) is 0 Å². The van der Waals surface area contributed by atoms with Crippen LogP contribution in [0, 0.1) is 0 Å². The number of likely N-dealkylation sites (N-methyl/N-ethyl adjacent to an activating group) is 1. The van der Waals surface area contributed by atoms with Gasteiger partial charge >= 0.3 is 0 Å². The van der Waals surface area contributed by atoms with Crippen molar-refractivity contribution < 1.29 is 4.79 Å². The van der Waals surface area contributed by atoms with Crippen molar-refractivity contribution in [3.05, 3.63) is 12.1 Å². The molecule has 0 aromatic carbocycles. The maximum Gasteiger partial charge on any atom is 0.281 e. The Balaban J connectivity index is 3.72. The molecule has 0 rings (SSSR count). The molecule has 1 amide bonds. The second kappa shape index (κ2) is 4.44. The van der Waals surface area contributed by atoms with Gasteiger partial charge in [0.1, 0.15) is 7.85 Å². The van der Waals surface area contributed by atoms with Gasteiger partial charge in [0.2, 0.25) is 0 Å². The van der Waals surface area contributed by atoms with E-state index in [1.807, 2.05) is 7.85 Å². The van der Waals surface area contributed by atoms with Crippen LogP contribution in [-0.2, 0) is 0 Å². The molecule has 0 aromatic rings. The molecule has 2 nitrogen and oxygen atoms in total. The first-order chi connectivity index (χ1) is 4.57. The van der Waals surface area contributed by atoms with Gasteiger partial charge in [-0.05, 0) is 6.26 Å². The maximum atomic E-state index is 10.9. The van der Waals surface area contributed by atoms with Crippen LogP contribution in [-0.4, -0.2) is 37.8 Å². The van der Waals surface area contributed by atoms with Crippen molar-refractivity contribution in [1.29, 1.82) is 0 Å². The molecule has 0 fully saturated rings. The lowest BCUT2D eigenvalue weighted by Gasteiger charge is -2.14. The summed E-state index contributed by atoms with van der Waals surface area (Å²) in [5, 5.41) is 0.0861. The zero-order chi connectivity index (χ0) is 8.15. The van der Waals surface area contributed by atoms with E-state index in [0.717, 1.165) is 5.47 Å². The first-order valence-corrected chi connectivity index (χ1v) is 4.24. The SMILES string of the molecule is BC(=C)CN(C)C(=O)SC. The fourth-order valence-corrected chi connectivity index (χ4v) is 1.00.